The Kier molecular flexibility index (Phi) is 6.15. The van der Waals surface area contributed by atoms with E-state index in [1.54, 1.807) is 14.2 Å². The lowest BCUT2D eigenvalue weighted by molar-refractivity contribution is -0.124. The summed E-state index contributed by atoms with van der Waals surface area (Å²) in [5.74, 6) is 1.39. The van der Waals surface area contributed by atoms with Crippen LogP contribution in [0.4, 0.5) is 0 Å². The van der Waals surface area contributed by atoms with Crippen molar-refractivity contribution in [3.63, 3.8) is 0 Å². The molecule has 19 heavy (non-hydrogen) atoms. The van der Waals surface area contributed by atoms with Crippen molar-refractivity contribution in [2.75, 3.05) is 14.2 Å². The fourth-order valence-corrected chi connectivity index (χ4v) is 2.27. The first-order valence-electron chi connectivity index (χ1n) is 6.21. The van der Waals surface area contributed by atoms with Gasteiger partial charge in [0.05, 0.1) is 18.7 Å². The molecule has 0 aromatic heterocycles. The van der Waals surface area contributed by atoms with Gasteiger partial charge in [0.1, 0.15) is 0 Å². The highest BCUT2D eigenvalue weighted by Gasteiger charge is 2.13. The molecular weight excluding hydrogens is 310 g/mol. The van der Waals surface area contributed by atoms with Gasteiger partial charge in [0.25, 0.3) is 0 Å². The van der Waals surface area contributed by atoms with Gasteiger partial charge >= 0.3 is 0 Å². The van der Waals surface area contributed by atoms with E-state index in [4.69, 9.17) is 9.47 Å². The zero-order valence-corrected chi connectivity index (χ0v) is 13.3. The molecule has 1 rings (SSSR count). The molecule has 1 amide bonds. The average Bonchev–Trinajstić information content (AvgIpc) is 2.42. The van der Waals surface area contributed by atoms with E-state index < -0.39 is 0 Å². The van der Waals surface area contributed by atoms with E-state index in [0.717, 1.165) is 16.5 Å². The Hall–Kier alpha value is -1.23. The minimum Gasteiger partial charge on any atom is -0.493 e. The molecule has 4 nitrogen and oxygen atoms in total. The zero-order chi connectivity index (χ0) is 14.4. The molecule has 0 aliphatic heterocycles. The van der Waals surface area contributed by atoms with Crippen molar-refractivity contribution in [3.8, 4) is 11.5 Å². The highest BCUT2D eigenvalue weighted by molar-refractivity contribution is 9.10. The smallest absolute Gasteiger partial charge is 0.223 e. The quantitative estimate of drug-likeness (QED) is 0.872. The summed E-state index contributed by atoms with van der Waals surface area (Å²) in [6.07, 6.45) is 0.835. The summed E-state index contributed by atoms with van der Waals surface area (Å²) in [6, 6.07) is 3.78. The van der Waals surface area contributed by atoms with Gasteiger partial charge in [-0.2, -0.15) is 0 Å². The molecule has 0 radical (unpaired) electrons. The fourth-order valence-electron chi connectivity index (χ4n) is 1.62. The van der Waals surface area contributed by atoms with E-state index in [-0.39, 0.29) is 11.8 Å². The number of ether oxygens (including phenoxy) is 2. The molecule has 0 bridgehead atoms. The van der Waals surface area contributed by atoms with Crippen LogP contribution in [0.2, 0.25) is 0 Å². The first-order valence-corrected chi connectivity index (χ1v) is 7.00. The minimum atomic E-state index is 0.0311. The fraction of sp³-hybridized carbons (Fsp3) is 0.500. The number of nitrogens with one attached hydrogen (secondary N) is 1. The van der Waals surface area contributed by atoms with Gasteiger partial charge in [0, 0.05) is 12.5 Å². The zero-order valence-electron chi connectivity index (χ0n) is 11.7. The van der Waals surface area contributed by atoms with Gasteiger partial charge in [-0.25, -0.2) is 0 Å². The molecular formula is C14H20BrNO3. The third kappa shape index (κ3) is 4.13. The first-order chi connectivity index (χ1) is 9.03. The second-order valence-corrected chi connectivity index (χ2v) is 5.19. The molecule has 1 aromatic rings. The highest BCUT2D eigenvalue weighted by atomic mass is 79.9. The summed E-state index contributed by atoms with van der Waals surface area (Å²) in [7, 11) is 3.18. The van der Waals surface area contributed by atoms with Crippen LogP contribution in [0, 0.1) is 5.92 Å². The van der Waals surface area contributed by atoms with Crippen molar-refractivity contribution >= 4 is 21.8 Å². The number of carbonyl (C=O) groups is 1. The first kappa shape index (κ1) is 15.8. The van der Waals surface area contributed by atoms with Gasteiger partial charge in [0.2, 0.25) is 5.91 Å². The van der Waals surface area contributed by atoms with Crippen molar-refractivity contribution < 1.29 is 14.3 Å². The summed E-state index contributed by atoms with van der Waals surface area (Å²) < 4.78 is 11.3. The van der Waals surface area contributed by atoms with E-state index in [0.29, 0.717) is 18.0 Å². The lowest BCUT2D eigenvalue weighted by Gasteiger charge is -2.13. The molecule has 5 heteroatoms. The Labute approximate surface area is 122 Å². The SMILES string of the molecule is CC[C@H](C)C(=O)NCc1cc(Br)c(OC)c(OC)c1. The number of methoxy groups -OCH3 is 2. The van der Waals surface area contributed by atoms with Crippen LogP contribution in [0.25, 0.3) is 0 Å². The number of benzene rings is 1. The van der Waals surface area contributed by atoms with Crippen LogP contribution in [0.15, 0.2) is 16.6 Å². The summed E-state index contributed by atoms with van der Waals surface area (Å²) >= 11 is 3.43. The second kappa shape index (κ2) is 7.38. The number of hydrogen-bond acceptors (Lipinski definition) is 3. The Morgan fingerprint density at radius 3 is 2.58 bits per heavy atom. The topological polar surface area (TPSA) is 47.6 Å². The van der Waals surface area contributed by atoms with Crippen LogP contribution < -0.4 is 14.8 Å². The van der Waals surface area contributed by atoms with Crippen LogP contribution in [0.1, 0.15) is 25.8 Å². The maximum Gasteiger partial charge on any atom is 0.223 e. The molecule has 0 saturated carbocycles. The van der Waals surface area contributed by atoms with Gasteiger partial charge in [-0.15, -0.1) is 0 Å². The van der Waals surface area contributed by atoms with Crippen LogP contribution in [0.3, 0.4) is 0 Å². The third-order valence-electron chi connectivity index (χ3n) is 3.02. The van der Waals surface area contributed by atoms with E-state index in [2.05, 4.69) is 21.2 Å². The van der Waals surface area contributed by atoms with Crippen molar-refractivity contribution in [3.05, 3.63) is 22.2 Å². The summed E-state index contributed by atoms with van der Waals surface area (Å²) in [5.41, 5.74) is 0.959. The second-order valence-electron chi connectivity index (χ2n) is 4.34. The molecule has 1 aromatic carbocycles. The molecule has 106 valence electrons. The van der Waals surface area contributed by atoms with Crippen LogP contribution in [-0.2, 0) is 11.3 Å². The maximum atomic E-state index is 11.7. The van der Waals surface area contributed by atoms with Crippen LogP contribution >= 0.6 is 15.9 Å². The predicted octanol–water partition coefficient (Wildman–Crippen LogP) is 3.13. The van der Waals surface area contributed by atoms with Gasteiger partial charge in [0.15, 0.2) is 11.5 Å². The normalized spacial score (nSPS) is 11.8. The standard InChI is InChI=1S/C14H20BrNO3/c1-5-9(2)14(17)16-8-10-6-11(15)13(19-4)12(7-10)18-3/h6-7,9H,5,8H2,1-4H3,(H,16,17)/t9-/m0/s1. The lowest BCUT2D eigenvalue weighted by Crippen LogP contribution is -2.28. The van der Waals surface area contributed by atoms with E-state index in [1.165, 1.54) is 0 Å². The largest absolute Gasteiger partial charge is 0.493 e. The van der Waals surface area contributed by atoms with Crippen molar-refractivity contribution in [1.82, 2.24) is 5.32 Å². The Morgan fingerprint density at radius 1 is 1.37 bits per heavy atom. The molecule has 0 heterocycles. The average molecular weight is 330 g/mol. The van der Waals surface area contributed by atoms with Crippen LogP contribution in [0.5, 0.6) is 11.5 Å². The Bertz CT molecular complexity index is 449. The summed E-state index contributed by atoms with van der Waals surface area (Å²) in [5, 5.41) is 2.91. The lowest BCUT2D eigenvalue weighted by atomic mass is 10.1. The summed E-state index contributed by atoms with van der Waals surface area (Å²) in [6.45, 7) is 4.39. The number of hydrogen-bond donors (Lipinski definition) is 1. The van der Waals surface area contributed by atoms with Crippen LogP contribution in [-0.4, -0.2) is 20.1 Å². The van der Waals surface area contributed by atoms with Gasteiger partial charge in [-0.05, 0) is 40.0 Å². The molecule has 0 aliphatic rings. The summed E-state index contributed by atoms with van der Waals surface area (Å²) in [4.78, 5) is 11.7. The van der Waals surface area contributed by atoms with Crippen molar-refractivity contribution in [2.24, 2.45) is 5.92 Å². The highest BCUT2D eigenvalue weighted by Crippen LogP contribution is 2.36. The number of rotatable bonds is 6. The molecule has 1 atom stereocenters. The maximum absolute atomic E-state index is 11.7. The van der Waals surface area contributed by atoms with Gasteiger partial charge in [-0.1, -0.05) is 13.8 Å². The Balaban J connectivity index is 2.80. The third-order valence-corrected chi connectivity index (χ3v) is 3.61. The minimum absolute atomic E-state index is 0.0311. The number of halogens is 1. The molecule has 0 unspecified atom stereocenters. The van der Waals surface area contributed by atoms with E-state index >= 15 is 0 Å². The van der Waals surface area contributed by atoms with E-state index in [9.17, 15) is 4.79 Å². The van der Waals surface area contributed by atoms with E-state index in [1.807, 2.05) is 26.0 Å². The molecule has 0 fully saturated rings. The molecule has 0 aliphatic carbocycles. The monoisotopic (exact) mass is 329 g/mol. The van der Waals surface area contributed by atoms with Gasteiger partial charge in [-0.3, -0.25) is 4.79 Å². The predicted molar refractivity (Wildman–Crippen MR) is 78.5 cm³/mol. The molecule has 0 saturated heterocycles. The number of amides is 1. The molecule has 0 spiro atoms. The molecule has 1 N–H and O–H groups in total. The van der Waals surface area contributed by atoms with Gasteiger partial charge < -0.3 is 14.8 Å². The Morgan fingerprint density at radius 2 is 2.05 bits per heavy atom. The number of carbonyl (C=O) groups excluding carboxylic acids is 1. The van der Waals surface area contributed by atoms with Crippen molar-refractivity contribution in [2.45, 2.75) is 26.8 Å². The van der Waals surface area contributed by atoms with Crippen molar-refractivity contribution in [1.29, 1.82) is 0 Å².